The zero-order chi connectivity index (χ0) is 18.5. The molecule has 0 aliphatic carbocycles. The van der Waals surface area contributed by atoms with Crippen molar-refractivity contribution in [3.8, 4) is 28.5 Å². The van der Waals surface area contributed by atoms with Gasteiger partial charge in [0.2, 0.25) is 0 Å². The number of aromatic nitrogens is 1. The predicted molar refractivity (Wildman–Crippen MR) is 102 cm³/mol. The molecule has 3 aromatic rings. The lowest BCUT2D eigenvalue weighted by Gasteiger charge is -2.08. The Morgan fingerprint density at radius 2 is 1.81 bits per heavy atom. The average molecular weight is 370 g/mol. The molecular weight excluding hydrogens is 352 g/mol. The van der Waals surface area contributed by atoms with E-state index in [9.17, 15) is 4.79 Å². The topological polar surface area (TPSA) is 69.7 Å². The summed E-state index contributed by atoms with van der Waals surface area (Å²) in [5.41, 5.74) is 2.13. The largest absolute Gasteiger partial charge is 0.497 e. The summed E-state index contributed by atoms with van der Waals surface area (Å²) in [5.74, 6) is 1.66. The van der Waals surface area contributed by atoms with E-state index in [-0.39, 0.29) is 5.91 Å². The number of ether oxygens (including phenoxy) is 3. The highest BCUT2D eigenvalue weighted by Gasteiger charge is 2.12. The first-order valence-electron chi connectivity index (χ1n) is 7.78. The Kier molecular flexibility index (Phi) is 5.38. The molecule has 1 amide bonds. The molecule has 26 heavy (non-hydrogen) atoms. The Hall–Kier alpha value is -3.06. The van der Waals surface area contributed by atoms with Crippen LogP contribution in [0.15, 0.2) is 47.8 Å². The van der Waals surface area contributed by atoms with Gasteiger partial charge in [-0.3, -0.25) is 10.1 Å². The second-order valence-corrected chi connectivity index (χ2v) is 6.15. The summed E-state index contributed by atoms with van der Waals surface area (Å²) < 4.78 is 15.7. The first-order chi connectivity index (χ1) is 12.6. The third-order valence-electron chi connectivity index (χ3n) is 3.74. The van der Waals surface area contributed by atoms with Gasteiger partial charge in [-0.2, -0.15) is 0 Å². The second kappa shape index (κ2) is 7.88. The van der Waals surface area contributed by atoms with Gasteiger partial charge in [0.05, 0.1) is 27.0 Å². The molecule has 7 heteroatoms. The minimum Gasteiger partial charge on any atom is -0.497 e. The molecule has 1 N–H and O–H groups in total. The normalized spacial score (nSPS) is 10.3. The van der Waals surface area contributed by atoms with Crippen LogP contribution in [-0.2, 0) is 0 Å². The quantitative estimate of drug-likeness (QED) is 0.708. The van der Waals surface area contributed by atoms with Gasteiger partial charge >= 0.3 is 0 Å². The number of hydrogen-bond acceptors (Lipinski definition) is 6. The molecule has 0 unspecified atom stereocenters. The van der Waals surface area contributed by atoms with E-state index in [1.807, 2.05) is 23.6 Å². The molecule has 0 fully saturated rings. The van der Waals surface area contributed by atoms with Gasteiger partial charge in [-0.25, -0.2) is 4.98 Å². The van der Waals surface area contributed by atoms with Crippen molar-refractivity contribution in [1.82, 2.24) is 4.98 Å². The molecule has 0 atom stereocenters. The second-order valence-electron chi connectivity index (χ2n) is 5.29. The van der Waals surface area contributed by atoms with Gasteiger partial charge in [-0.05, 0) is 36.4 Å². The van der Waals surface area contributed by atoms with Crippen molar-refractivity contribution in [2.75, 3.05) is 26.6 Å². The molecule has 2 aromatic carbocycles. The lowest BCUT2D eigenvalue weighted by atomic mass is 10.1. The Morgan fingerprint density at radius 3 is 2.54 bits per heavy atom. The fourth-order valence-corrected chi connectivity index (χ4v) is 3.11. The highest BCUT2D eigenvalue weighted by molar-refractivity contribution is 7.14. The fourth-order valence-electron chi connectivity index (χ4n) is 2.39. The molecular formula is C19H18N2O4S. The average Bonchev–Trinajstić information content (AvgIpc) is 3.15. The smallest absolute Gasteiger partial charge is 0.257 e. The van der Waals surface area contributed by atoms with Gasteiger partial charge in [0, 0.05) is 16.5 Å². The number of benzene rings is 2. The van der Waals surface area contributed by atoms with Gasteiger partial charge in [-0.1, -0.05) is 6.07 Å². The Bertz CT molecular complexity index is 923. The highest BCUT2D eigenvalue weighted by atomic mass is 32.1. The summed E-state index contributed by atoms with van der Waals surface area (Å²) in [6.45, 7) is 0. The Morgan fingerprint density at radius 1 is 1.00 bits per heavy atom. The number of carbonyl (C=O) groups excluding carboxylic acids is 1. The number of methoxy groups -OCH3 is 3. The summed E-state index contributed by atoms with van der Waals surface area (Å²) in [4.78, 5) is 16.9. The van der Waals surface area contributed by atoms with Crippen molar-refractivity contribution in [2.45, 2.75) is 0 Å². The van der Waals surface area contributed by atoms with E-state index >= 15 is 0 Å². The monoisotopic (exact) mass is 370 g/mol. The molecule has 134 valence electrons. The van der Waals surface area contributed by atoms with Crippen LogP contribution in [0.2, 0.25) is 0 Å². The number of hydrogen-bond donors (Lipinski definition) is 1. The number of rotatable bonds is 6. The molecule has 1 aromatic heterocycles. The number of anilines is 1. The van der Waals surface area contributed by atoms with Crippen molar-refractivity contribution in [1.29, 1.82) is 0 Å². The minimum atomic E-state index is -0.239. The Labute approximate surface area is 155 Å². The third kappa shape index (κ3) is 3.78. The van der Waals surface area contributed by atoms with Crippen LogP contribution in [0.25, 0.3) is 11.3 Å². The SMILES string of the molecule is COc1cccc(C(=O)Nc2nc(-c3ccc(OC)c(OC)c3)cs2)c1. The molecule has 0 saturated heterocycles. The van der Waals surface area contributed by atoms with Gasteiger partial charge in [0.1, 0.15) is 5.75 Å². The summed E-state index contributed by atoms with van der Waals surface area (Å²) in [6, 6.07) is 12.5. The van der Waals surface area contributed by atoms with Crippen molar-refractivity contribution in [2.24, 2.45) is 0 Å². The molecule has 0 aliphatic rings. The summed E-state index contributed by atoms with van der Waals surface area (Å²) in [5, 5.41) is 5.20. The van der Waals surface area contributed by atoms with Crippen LogP contribution < -0.4 is 19.5 Å². The zero-order valence-electron chi connectivity index (χ0n) is 14.6. The maximum absolute atomic E-state index is 12.4. The predicted octanol–water partition coefficient (Wildman–Crippen LogP) is 4.09. The van der Waals surface area contributed by atoms with Crippen molar-refractivity contribution >= 4 is 22.4 Å². The van der Waals surface area contributed by atoms with E-state index in [1.54, 1.807) is 45.6 Å². The molecule has 0 spiro atoms. The molecule has 0 saturated carbocycles. The van der Waals surface area contributed by atoms with Crippen molar-refractivity contribution in [3.05, 3.63) is 53.4 Å². The van der Waals surface area contributed by atoms with Crippen LogP contribution in [0.4, 0.5) is 5.13 Å². The van der Waals surface area contributed by atoms with E-state index < -0.39 is 0 Å². The number of thiazole rings is 1. The number of nitrogens with one attached hydrogen (secondary N) is 1. The van der Waals surface area contributed by atoms with E-state index in [2.05, 4.69) is 10.3 Å². The summed E-state index contributed by atoms with van der Waals surface area (Å²) in [6.07, 6.45) is 0. The van der Waals surface area contributed by atoms with Crippen LogP contribution in [0.1, 0.15) is 10.4 Å². The highest BCUT2D eigenvalue weighted by Crippen LogP contribution is 2.33. The van der Waals surface area contributed by atoms with E-state index in [0.717, 1.165) is 11.3 Å². The van der Waals surface area contributed by atoms with Gasteiger partial charge < -0.3 is 14.2 Å². The van der Waals surface area contributed by atoms with Crippen molar-refractivity contribution in [3.63, 3.8) is 0 Å². The minimum absolute atomic E-state index is 0.239. The lowest BCUT2D eigenvalue weighted by molar-refractivity contribution is 0.102. The maximum Gasteiger partial charge on any atom is 0.257 e. The molecule has 3 rings (SSSR count). The maximum atomic E-state index is 12.4. The lowest BCUT2D eigenvalue weighted by Crippen LogP contribution is -2.11. The van der Waals surface area contributed by atoms with Crippen LogP contribution in [0.5, 0.6) is 17.2 Å². The molecule has 0 radical (unpaired) electrons. The van der Waals surface area contributed by atoms with Crippen LogP contribution in [0, 0.1) is 0 Å². The number of carbonyl (C=O) groups is 1. The standard InChI is InChI=1S/C19H18N2O4S/c1-23-14-6-4-5-13(9-14)18(22)21-19-20-15(11-26-19)12-7-8-16(24-2)17(10-12)25-3/h4-11H,1-3H3,(H,20,21,22). The van der Waals surface area contributed by atoms with E-state index in [0.29, 0.717) is 27.9 Å². The van der Waals surface area contributed by atoms with Gasteiger partial charge in [0.15, 0.2) is 16.6 Å². The molecule has 0 bridgehead atoms. The molecule has 1 heterocycles. The first-order valence-corrected chi connectivity index (χ1v) is 8.66. The van der Waals surface area contributed by atoms with Crippen LogP contribution in [-0.4, -0.2) is 32.2 Å². The third-order valence-corrected chi connectivity index (χ3v) is 4.49. The summed E-state index contributed by atoms with van der Waals surface area (Å²) >= 11 is 1.35. The number of nitrogens with zero attached hydrogens (tertiary/aromatic N) is 1. The number of amides is 1. The van der Waals surface area contributed by atoms with Crippen LogP contribution >= 0.6 is 11.3 Å². The van der Waals surface area contributed by atoms with Gasteiger partial charge in [0.25, 0.3) is 5.91 Å². The summed E-state index contributed by atoms with van der Waals surface area (Å²) in [7, 11) is 4.74. The first kappa shape index (κ1) is 17.8. The van der Waals surface area contributed by atoms with Crippen LogP contribution in [0.3, 0.4) is 0 Å². The molecule has 6 nitrogen and oxygen atoms in total. The van der Waals surface area contributed by atoms with Crippen molar-refractivity contribution < 1.29 is 19.0 Å². The Balaban J connectivity index is 1.78. The fraction of sp³-hybridized carbons (Fsp3) is 0.158. The van der Waals surface area contributed by atoms with E-state index in [1.165, 1.54) is 11.3 Å². The zero-order valence-corrected chi connectivity index (χ0v) is 15.4. The van der Waals surface area contributed by atoms with E-state index in [4.69, 9.17) is 14.2 Å². The van der Waals surface area contributed by atoms with Gasteiger partial charge in [-0.15, -0.1) is 11.3 Å². The molecule has 0 aliphatic heterocycles.